The maximum atomic E-state index is 9.85. The van der Waals surface area contributed by atoms with Crippen molar-refractivity contribution >= 4 is 35.4 Å². The summed E-state index contributed by atoms with van der Waals surface area (Å²) in [6, 6.07) is 0. The van der Waals surface area contributed by atoms with Gasteiger partial charge in [0.1, 0.15) is 0 Å². The van der Waals surface area contributed by atoms with Gasteiger partial charge in [0, 0.05) is 0 Å². The second-order valence-electron chi connectivity index (χ2n) is 0.192. The third-order valence-electron chi connectivity index (χ3n) is 0. The van der Waals surface area contributed by atoms with E-state index in [0.29, 0.717) is 0 Å². The number of halogens is 3. The molecule has 0 bridgehead atoms. The van der Waals surface area contributed by atoms with E-state index in [4.69, 9.17) is 0 Å². The van der Waals surface area contributed by atoms with E-state index in [1.807, 2.05) is 0 Å². The maximum Gasteiger partial charge on any atom is -0.0576 e. The molecule has 0 rings (SSSR count). The second-order valence-corrected chi connectivity index (χ2v) is 1.29. The van der Waals surface area contributed by atoms with Crippen molar-refractivity contribution < 1.29 is 8.44 Å². The Morgan fingerprint density at radius 1 is 1.00 bits per heavy atom. The maximum absolute atomic E-state index is 9.85. The quantitative estimate of drug-likeness (QED) is 0.395. The Hall–Kier alpha value is 0.958. The average Bonchev–Trinajstić information content (AvgIpc) is 0.811. The van der Waals surface area contributed by atoms with E-state index >= 15 is 0 Å². The van der Waals surface area contributed by atoms with Gasteiger partial charge in [0.05, 0.1) is 0 Å². The summed E-state index contributed by atoms with van der Waals surface area (Å²) < 4.78 is 29.6. The van der Waals surface area contributed by atoms with Crippen molar-refractivity contribution in [2.75, 3.05) is 0 Å². The first kappa shape index (κ1) is 9.35. The molecule has 0 heterocycles. The zero-order valence-electron chi connectivity index (χ0n) is 2.16. The fourth-order valence-corrected chi connectivity index (χ4v) is 0. The summed E-state index contributed by atoms with van der Waals surface area (Å²) in [7, 11) is 0. The van der Waals surface area contributed by atoms with E-state index in [9.17, 15) is 8.44 Å². The number of hydrogen-bond donors (Lipinski definition) is 0. The first-order valence-corrected chi connectivity index (χ1v) is 3.40. The molecule has 0 fully saturated rings. The van der Waals surface area contributed by atoms with Crippen LogP contribution in [0.25, 0.3) is 0 Å². The smallest absolute Gasteiger partial charge is 0.0576 e. The van der Waals surface area contributed by atoms with Crippen molar-refractivity contribution in [3.8, 4) is 0 Å². The van der Waals surface area contributed by atoms with Crippen LogP contribution in [0.1, 0.15) is 0 Å². The minimum atomic E-state index is -4.95. The minimum absolute atomic E-state index is 0. The molecule has 0 amide bonds. The van der Waals surface area contributed by atoms with Crippen molar-refractivity contribution in [3.63, 3.8) is 0 Å². The molecule has 0 aromatic rings. The van der Waals surface area contributed by atoms with E-state index in [2.05, 4.69) is 0 Å². The predicted molar refractivity (Wildman–Crippen MR) is 20.6 cm³/mol. The molecule has 0 N–H and O–H groups in total. The van der Waals surface area contributed by atoms with Crippen LogP contribution in [-0.4, -0.2) is 22.0 Å². The molecule has 0 aliphatic carbocycles. The molecule has 0 saturated carbocycles. The van der Waals surface area contributed by atoms with Gasteiger partial charge >= 0.3 is 30.4 Å². The molecule has 0 aliphatic heterocycles. The van der Waals surface area contributed by atoms with Crippen molar-refractivity contribution in [2.45, 2.75) is 0 Å². The van der Waals surface area contributed by atoms with E-state index in [1.165, 1.54) is 0 Å². The Morgan fingerprint density at radius 3 is 1.00 bits per heavy atom. The van der Waals surface area contributed by atoms with Crippen LogP contribution in [0.4, 0.5) is 8.44 Å². The summed E-state index contributed by atoms with van der Waals surface area (Å²) in [5.41, 5.74) is 0. The standard InChI is InChI=1S/3FH.H2S.Sb/h3*1H;1H2;/q;;;;+3/p-2. The van der Waals surface area contributed by atoms with Gasteiger partial charge in [-0.25, -0.2) is 0 Å². The molecule has 0 saturated heterocycles. The van der Waals surface area contributed by atoms with Gasteiger partial charge in [-0.3, -0.25) is 0 Å². The van der Waals surface area contributed by atoms with Crippen molar-refractivity contribution in [3.05, 3.63) is 0 Å². The van der Waals surface area contributed by atoms with Crippen molar-refractivity contribution in [2.24, 2.45) is 0 Å². The van der Waals surface area contributed by atoms with Crippen LogP contribution in [0.5, 0.6) is 0 Å². The van der Waals surface area contributed by atoms with Gasteiger partial charge in [0.2, 0.25) is 0 Å². The average molecular weight is 214 g/mol. The molecule has 0 aromatic heterocycles. The molecule has 0 nitrogen and oxygen atoms in total. The van der Waals surface area contributed by atoms with Crippen LogP contribution in [0, 0.1) is 0 Å². The predicted octanol–water partition coefficient (Wildman–Crippen LogP) is 0.0743. The zero-order valence-corrected chi connectivity index (χ0v) is 5.87. The third kappa shape index (κ3) is 47.3. The Balaban J connectivity index is 0. The van der Waals surface area contributed by atoms with E-state index in [0.717, 1.165) is 0 Å². The third-order valence-corrected chi connectivity index (χ3v) is 0. The van der Waals surface area contributed by atoms with E-state index < -0.39 is 22.0 Å². The number of rotatable bonds is 0. The summed E-state index contributed by atoms with van der Waals surface area (Å²) in [5.74, 6) is 0. The minimum Gasteiger partial charge on any atom is -0.0576 e. The first-order chi connectivity index (χ1) is 1.73. The Kier molecular flexibility index (Phi) is 9.27. The van der Waals surface area contributed by atoms with E-state index in [-0.39, 0.29) is 13.5 Å². The van der Waals surface area contributed by atoms with Gasteiger partial charge in [-0.1, -0.05) is 13.5 Å². The largest absolute Gasteiger partial charge is 0.0576 e. The van der Waals surface area contributed by atoms with Crippen molar-refractivity contribution in [1.82, 2.24) is 0 Å². The monoisotopic (exact) mass is 213 g/mol. The van der Waals surface area contributed by atoms with Crippen LogP contribution >= 0.6 is 0 Å². The Morgan fingerprint density at radius 2 is 1.00 bits per heavy atom. The molecule has 0 unspecified atom stereocenters. The molecule has 5 heavy (non-hydrogen) atoms. The van der Waals surface area contributed by atoms with Crippen LogP contribution in [0.2, 0.25) is 0 Å². The summed E-state index contributed by atoms with van der Waals surface area (Å²) in [5, 5.41) is 0. The molecule has 0 atom stereocenters. The molecule has 0 aliphatic rings. The molecule has 0 spiro atoms. The van der Waals surface area contributed by atoms with Gasteiger partial charge in [-0.2, -0.15) is 0 Å². The first-order valence-electron chi connectivity index (χ1n) is 0.507. The van der Waals surface area contributed by atoms with Gasteiger partial charge in [0.15, 0.2) is 0 Å². The van der Waals surface area contributed by atoms with Crippen LogP contribution in [-0.2, 0) is 13.5 Å². The molecule has 5 heteroatoms. The zero-order chi connectivity index (χ0) is 3.58. The van der Waals surface area contributed by atoms with Crippen molar-refractivity contribution in [1.29, 1.82) is 0 Å². The van der Waals surface area contributed by atoms with Crippen LogP contribution in [0.15, 0.2) is 0 Å². The van der Waals surface area contributed by atoms with Gasteiger partial charge in [-0.15, -0.1) is 0 Å². The Labute approximate surface area is 44.2 Å². The fourth-order valence-electron chi connectivity index (χ4n) is 0. The summed E-state index contributed by atoms with van der Waals surface area (Å²) in [6.45, 7) is 0. The van der Waals surface area contributed by atoms with E-state index in [1.54, 1.807) is 0 Å². The van der Waals surface area contributed by atoms with Crippen LogP contribution < -0.4 is 0 Å². The SMILES string of the molecule is [F][Sb]([F])[F].[SH3+]. The van der Waals surface area contributed by atoms with Gasteiger partial charge in [-0.05, 0) is 0 Å². The normalized spacial score (nSPS) is 7.20. The molecule has 0 aromatic carbocycles. The number of hydrogen-bond acceptors (Lipinski definition) is 0. The molecule has 0 radical (unpaired) electrons. The topological polar surface area (TPSA) is 0 Å². The summed E-state index contributed by atoms with van der Waals surface area (Å²) in [4.78, 5) is 0. The molecular formula is H3F3SSb+. The second kappa shape index (κ2) is 4.96. The van der Waals surface area contributed by atoms with Gasteiger partial charge in [0.25, 0.3) is 0 Å². The molecule has 34 valence electrons. The van der Waals surface area contributed by atoms with Crippen LogP contribution in [0.3, 0.4) is 0 Å². The summed E-state index contributed by atoms with van der Waals surface area (Å²) in [6.07, 6.45) is 0. The Bertz CT molecular complexity index is 11.6. The fraction of sp³-hybridized carbons (Fsp3) is 0. The summed E-state index contributed by atoms with van der Waals surface area (Å²) >= 11 is -4.95. The van der Waals surface area contributed by atoms with Gasteiger partial charge < -0.3 is 0 Å². The molecular weight excluding hydrogens is 211 g/mol.